The first-order valence-corrected chi connectivity index (χ1v) is 3.44. The second kappa shape index (κ2) is 3.87. The van der Waals surface area contributed by atoms with E-state index in [4.69, 9.17) is 9.84 Å². The van der Waals surface area contributed by atoms with Gasteiger partial charge in [-0.1, -0.05) is 0 Å². The van der Waals surface area contributed by atoms with Gasteiger partial charge in [0.05, 0.1) is 0 Å². The zero-order chi connectivity index (χ0) is 8.97. The van der Waals surface area contributed by atoms with Crippen molar-refractivity contribution in [2.75, 3.05) is 7.11 Å². The van der Waals surface area contributed by atoms with Crippen molar-refractivity contribution in [1.82, 2.24) is 9.55 Å². The summed E-state index contributed by atoms with van der Waals surface area (Å²) in [6.07, 6.45) is 3.17. The van der Waals surface area contributed by atoms with Crippen molar-refractivity contribution in [3.63, 3.8) is 0 Å². The van der Waals surface area contributed by atoms with Gasteiger partial charge >= 0.3 is 5.97 Å². The van der Waals surface area contributed by atoms with Crippen LogP contribution in [0.2, 0.25) is 0 Å². The van der Waals surface area contributed by atoms with E-state index in [1.807, 2.05) is 0 Å². The van der Waals surface area contributed by atoms with Crippen molar-refractivity contribution in [3.05, 3.63) is 18.2 Å². The monoisotopic (exact) mass is 170 g/mol. The van der Waals surface area contributed by atoms with Crippen LogP contribution in [0, 0.1) is 0 Å². The summed E-state index contributed by atoms with van der Waals surface area (Å²) in [7, 11) is 1.54. The number of rotatable bonds is 4. The molecule has 0 spiro atoms. The van der Waals surface area contributed by atoms with Crippen LogP contribution in [0.1, 0.15) is 5.82 Å². The van der Waals surface area contributed by atoms with Crippen molar-refractivity contribution < 1.29 is 14.6 Å². The predicted molar refractivity (Wildman–Crippen MR) is 40.6 cm³/mol. The predicted octanol–water partition coefficient (Wildman–Crippen LogP) is 0.114. The van der Waals surface area contributed by atoms with E-state index in [1.54, 1.807) is 19.5 Å². The number of imidazole rings is 1. The van der Waals surface area contributed by atoms with Gasteiger partial charge in [0.25, 0.3) is 0 Å². The van der Waals surface area contributed by atoms with Crippen LogP contribution in [-0.2, 0) is 22.7 Å². The number of carboxylic acid groups (broad SMARTS) is 1. The standard InChI is InChI=1S/C7H10N2O3/c1-12-5-6-8-2-3-9(6)4-7(10)11/h2-3H,4-5H2,1H3,(H,10,11). The molecule has 0 saturated heterocycles. The van der Waals surface area contributed by atoms with Gasteiger partial charge < -0.3 is 14.4 Å². The highest BCUT2D eigenvalue weighted by Gasteiger charge is 2.04. The van der Waals surface area contributed by atoms with E-state index in [-0.39, 0.29) is 6.54 Å². The van der Waals surface area contributed by atoms with Crippen molar-refractivity contribution in [2.24, 2.45) is 0 Å². The molecule has 0 aromatic carbocycles. The maximum atomic E-state index is 10.3. The van der Waals surface area contributed by atoms with Crippen LogP contribution >= 0.6 is 0 Å². The fourth-order valence-electron chi connectivity index (χ4n) is 0.899. The van der Waals surface area contributed by atoms with Crippen molar-refractivity contribution in [2.45, 2.75) is 13.2 Å². The molecule has 5 nitrogen and oxygen atoms in total. The normalized spacial score (nSPS) is 10.1. The Bertz CT molecular complexity index is 269. The molecule has 0 aliphatic carbocycles. The number of aliphatic carboxylic acids is 1. The molecule has 0 saturated carbocycles. The molecule has 1 N–H and O–H groups in total. The van der Waals surface area contributed by atoms with E-state index in [0.717, 1.165) is 0 Å². The zero-order valence-electron chi connectivity index (χ0n) is 6.73. The Hall–Kier alpha value is -1.36. The molecule has 0 amide bonds. The molecular formula is C7H10N2O3. The molecule has 1 aromatic rings. The summed E-state index contributed by atoms with van der Waals surface area (Å²) >= 11 is 0. The molecule has 1 heterocycles. The minimum Gasteiger partial charge on any atom is -0.480 e. The second-order valence-electron chi connectivity index (χ2n) is 2.30. The lowest BCUT2D eigenvalue weighted by Gasteiger charge is -2.02. The SMILES string of the molecule is COCc1nccn1CC(=O)O. The number of ether oxygens (including phenoxy) is 1. The Balaban J connectivity index is 2.69. The average molecular weight is 170 g/mol. The summed E-state index contributed by atoms with van der Waals surface area (Å²) in [6.45, 7) is 0.263. The Morgan fingerprint density at radius 3 is 3.17 bits per heavy atom. The number of nitrogens with zero attached hydrogens (tertiary/aromatic N) is 2. The number of carboxylic acids is 1. The highest BCUT2D eigenvalue weighted by Crippen LogP contribution is 1.98. The van der Waals surface area contributed by atoms with Gasteiger partial charge in [-0.2, -0.15) is 0 Å². The van der Waals surface area contributed by atoms with Crippen LogP contribution in [0.4, 0.5) is 0 Å². The zero-order valence-corrected chi connectivity index (χ0v) is 6.73. The molecule has 0 aliphatic rings. The quantitative estimate of drug-likeness (QED) is 0.696. The van der Waals surface area contributed by atoms with Crippen molar-refractivity contribution >= 4 is 5.97 Å². The summed E-state index contributed by atoms with van der Waals surface area (Å²) in [5.41, 5.74) is 0. The molecule has 66 valence electrons. The number of hydrogen-bond acceptors (Lipinski definition) is 3. The van der Waals surface area contributed by atoms with Gasteiger partial charge in [-0.3, -0.25) is 4.79 Å². The molecule has 0 aliphatic heterocycles. The number of hydrogen-bond donors (Lipinski definition) is 1. The number of aromatic nitrogens is 2. The van der Waals surface area contributed by atoms with E-state index in [1.165, 1.54) is 4.57 Å². The molecule has 0 atom stereocenters. The summed E-state index contributed by atoms with van der Waals surface area (Å²) in [4.78, 5) is 14.3. The third-order valence-electron chi connectivity index (χ3n) is 1.38. The van der Waals surface area contributed by atoms with Crippen LogP contribution in [0.3, 0.4) is 0 Å². The summed E-state index contributed by atoms with van der Waals surface area (Å²) in [5, 5.41) is 8.49. The number of carbonyl (C=O) groups is 1. The summed E-state index contributed by atoms with van der Waals surface area (Å²) in [6, 6.07) is 0. The van der Waals surface area contributed by atoms with Crippen LogP contribution in [0.5, 0.6) is 0 Å². The lowest BCUT2D eigenvalue weighted by molar-refractivity contribution is -0.137. The Kier molecular flexibility index (Phi) is 2.82. The largest absolute Gasteiger partial charge is 0.480 e. The molecule has 0 radical (unpaired) electrons. The van der Waals surface area contributed by atoms with Crippen LogP contribution in [-0.4, -0.2) is 27.7 Å². The number of methoxy groups -OCH3 is 1. The van der Waals surface area contributed by atoms with Gasteiger partial charge in [-0.05, 0) is 0 Å². The van der Waals surface area contributed by atoms with Gasteiger partial charge in [-0.15, -0.1) is 0 Å². The average Bonchev–Trinajstić information content (AvgIpc) is 2.37. The minimum atomic E-state index is -0.884. The molecular weight excluding hydrogens is 160 g/mol. The van der Waals surface area contributed by atoms with Gasteiger partial charge in [0, 0.05) is 19.5 Å². The second-order valence-corrected chi connectivity index (χ2v) is 2.30. The van der Waals surface area contributed by atoms with Crippen LogP contribution in [0.15, 0.2) is 12.4 Å². The lowest BCUT2D eigenvalue weighted by Crippen LogP contribution is -2.11. The third kappa shape index (κ3) is 2.06. The maximum absolute atomic E-state index is 10.3. The molecule has 5 heteroatoms. The molecule has 0 unspecified atom stereocenters. The fraction of sp³-hybridized carbons (Fsp3) is 0.429. The molecule has 12 heavy (non-hydrogen) atoms. The molecule has 0 fully saturated rings. The van der Waals surface area contributed by atoms with Gasteiger partial charge in [0.15, 0.2) is 0 Å². The van der Waals surface area contributed by atoms with Crippen LogP contribution in [0.25, 0.3) is 0 Å². The first-order chi connectivity index (χ1) is 5.74. The molecule has 0 bridgehead atoms. The first-order valence-electron chi connectivity index (χ1n) is 3.44. The molecule has 1 rings (SSSR count). The highest BCUT2D eigenvalue weighted by molar-refractivity contribution is 5.66. The lowest BCUT2D eigenvalue weighted by atomic mass is 10.5. The van der Waals surface area contributed by atoms with Crippen LogP contribution < -0.4 is 0 Å². The summed E-state index contributed by atoms with van der Waals surface area (Å²) < 4.78 is 6.37. The van der Waals surface area contributed by atoms with Crippen molar-refractivity contribution in [3.8, 4) is 0 Å². The molecule has 1 aromatic heterocycles. The highest BCUT2D eigenvalue weighted by atomic mass is 16.5. The topological polar surface area (TPSA) is 64.4 Å². The first kappa shape index (κ1) is 8.73. The van der Waals surface area contributed by atoms with E-state index in [9.17, 15) is 4.79 Å². The minimum absolute atomic E-state index is 0.0707. The van der Waals surface area contributed by atoms with Gasteiger partial charge in [-0.25, -0.2) is 4.98 Å². The Labute approximate surface area is 69.6 Å². The van der Waals surface area contributed by atoms with E-state index >= 15 is 0 Å². The fourth-order valence-corrected chi connectivity index (χ4v) is 0.899. The maximum Gasteiger partial charge on any atom is 0.323 e. The third-order valence-corrected chi connectivity index (χ3v) is 1.38. The van der Waals surface area contributed by atoms with E-state index in [0.29, 0.717) is 12.4 Å². The summed E-state index contributed by atoms with van der Waals surface area (Å²) in [5.74, 6) is -0.259. The Morgan fingerprint density at radius 2 is 2.58 bits per heavy atom. The van der Waals surface area contributed by atoms with E-state index < -0.39 is 5.97 Å². The smallest absolute Gasteiger partial charge is 0.323 e. The van der Waals surface area contributed by atoms with Gasteiger partial charge in [0.2, 0.25) is 0 Å². The van der Waals surface area contributed by atoms with Crippen molar-refractivity contribution in [1.29, 1.82) is 0 Å². The van der Waals surface area contributed by atoms with E-state index in [2.05, 4.69) is 4.98 Å². The van der Waals surface area contributed by atoms with Gasteiger partial charge in [0.1, 0.15) is 19.0 Å². The Morgan fingerprint density at radius 1 is 1.83 bits per heavy atom.